The van der Waals surface area contributed by atoms with Gasteiger partial charge in [-0.05, 0) is 31.9 Å². The van der Waals surface area contributed by atoms with Gasteiger partial charge in [0, 0.05) is 30.1 Å². The number of nitrogens with one attached hydrogen (secondary N) is 1. The summed E-state index contributed by atoms with van der Waals surface area (Å²) in [5.41, 5.74) is 0.863. The van der Waals surface area contributed by atoms with E-state index in [1.54, 1.807) is 34.9 Å². The number of fused-ring (bicyclic) bond motifs is 1. The lowest BCUT2D eigenvalue weighted by molar-refractivity contribution is -0.153. The fourth-order valence-corrected chi connectivity index (χ4v) is 3.93. The van der Waals surface area contributed by atoms with Crippen LogP contribution in [0.4, 0.5) is 13.2 Å². The number of para-hydroxylation sites is 1. The highest BCUT2D eigenvalue weighted by Crippen LogP contribution is 2.35. The molecule has 1 aliphatic rings. The first kappa shape index (κ1) is 22.4. The van der Waals surface area contributed by atoms with Crippen LogP contribution in [0.2, 0.25) is 5.02 Å². The van der Waals surface area contributed by atoms with Crippen LogP contribution in [0, 0.1) is 0 Å². The molecule has 0 unspecified atom stereocenters. The quantitative estimate of drug-likeness (QED) is 0.580. The number of pyridine rings is 1. The number of aromatic nitrogens is 2. The number of rotatable bonds is 5. The highest BCUT2D eigenvalue weighted by Gasteiger charge is 2.31. The van der Waals surface area contributed by atoms with E-state index in [1.807, 2.05) is 6.92 Å². The van der Waals surface area contributed by atoms with Crippen LogP contribution in [-0.4, -0.2) is 46.8 Å². The number of imidazole rings is 1. The smallest absolute Gasteiger partial charge is 0.422 e. The molecule has 6 nitrogen and oxygen atoms in total. The van der Waals surface area contributed by atoms with Gasteiger partial charge in [-0.1, -0.05) is 29.8 Å². The van der Waals surface area contributed by atoms with Crippen molar-refractivity contribution >= 4 is 23.2 Å². The second kappa shape index (κ2) is 8.63. The van der Waals surface area contributed by atoms with Crippen molar-refractivity contribution in [3.63, 3.8) is 0 Å². The molecule has 0 bridgehead atoms. The second-order valence-corrected chi connectivity index (χ2v) is 8.44. The average Bonchev–Trinajstić information content (AvgIpc) is 3.16. The fraction of sp³-hybridized carbons (Fsp3) is 0.364. The number of nitrogens with zero attached hydrogens (tertiary/aromatic N) is 2. The lowest BCUT2D eigenvalue weighted by Gasteiger charge is -2.33. The molecule has 0 radical (unpaired) electrons. The summed E-state index contributed by atoms with van der Waals surface area (Å²) in [7, 11) is 0. The van der Waals surface area contributed by atoms with Crippen LogP contribution >= 0.6 is 11.6 Å². The predicted octanol–water partition coefficient (Wildman–Crippen LogP) is 4.89. The number of amides is 1. The van der Waals surface area contributed by atoms with Gasteiger partial charge in [0.25, 0.3) is 5.91 Å². The van der Waals surface area contributed by atoms with E-state index in [0.717, 1.165) is 12.8 Å². The van der Waals surface area contributed by atoms with Gasteiger partial charge in [0.15, 0.2) is 6.61 Å². The lowest BCUT2D eigenvalue weighted by atomic mass is 9.95. The molecule has 0 spiro atoms. The van der Waals surface area contributed by atoms with Crippen LogP contribution in [-0.2, 0) is 4.74 Å². The van der Waals surface area contributed by atoms with Gasteiger partial charge in [-0.15, -0.1) is 0 Å². The van der Waals surface area contributed by atoms with Crippen molar-refractivity contribution in [1.29, 1.82) is 0 Å². The van der Waals surface area contributed by atoms with Gasteiger partial charge in [0.05, 0.1) is 17.2 Å². The number of benzene rings is 1. The molecule has 1 amide bonds. The van der Waals surface area contributed by atoms with Crippen molar-refractivity contribution < 1.29 is 27.4 Å². The van der Waals surface area contributed by atoms with E-state index in [9.17, 15) is 18.0 Å². The van der Waals surface area contributed by atoms with Crippen LogP contribution in [0.1, 0.15) is 30.3 Å². The zero-order valence-electron chi connectivity index (χ0n) is 17.2. The molecule has 32 heavy (non-hydrogen) atoms. The van der Waals surface area contributed by atoms with Crippen LogP contribution in [0.5, 0.6) is 5.75 Å². The van der Waals surface area contributed by atoms with E-state index in [2.05, 4.69) is 10.3 Å². The van der Waals surface area contributed by atoms with E-state index in [0.29, 0.717) is 35.0 Å². The third-order valence-corrected chi connectivity index (χ3v) is 5.38. The summed E-state index contributed by atoms with van der Waals surface area (Å²) in [5, 5.41) is 3.30. The molecule has 4 rings (SSSR count). The van der Waals surface area contributed by atoms with Gasteiger partial charge < -0.3 is 19.2 Å². The van der Waals surface area contributed by atoms with Gasteiger partial charge in [0.1, 0.15) is 17.1 Å². The Labute approximate surface area is 187 Å². The lowest BCUT2D eigenvalue weighted by Crippen LogP contribution is -2.51. The molecule has 2 aromatic heterocycles. The normalized spacial score (nSPS) is 19.2. The van der Waals surface area contributed by atoms with Gasteiger partial charge >= 0.3 is 6.18 Å². The van der Waals surface area contributed by atoms with Crippen molar-refractivity contribution in [2.24, 2.45) is 0 Å². The minimum Gasteiger partial charge on any atom is -0.483 e. The number of ether oxygens (including phenoxy) is 2. The summed E-state index contributed by atoms with van der Waals surface area (Å²) in [5.74, 6) is -0.333. The van der Waals surface area contributed by atoms with Crippen molar-refractivity contribution in [1.82, 2.24) is 14.7 Å². The zero-order valence-corrected chi connectivity index (χ0v) is 18.0. The summed E-state index contributed by atoms with van der Waals surface area (Å²) in [6, 6.07) is 7.89. The SMILES string of the molecule is C[C@]1(NC(=O)c2cn3cc(Cl)cc(-c4ccccc4OCC(F)(F)F)c3n2)CCCOC1. The number of carbonyl (C=O) groups is 1. The van der Waals surface area contributed by atoms with Crippen molar-refractivity contribution in [3.05, 3.63) is 53.4 Å². The third-order valence-electron chi connectivity index (χ3n) is 5.17. The molecule has 170 valence electrons. The minimum atomic E-state index is -4.48. The number of hydrogen-bond acceptors (Lipinski definition) is 4. The molecular formula is C22H21ClF3N3O3. The Balaban J connectivity index is 1.70. The number of hydrogen-bond donors (Lipinski definition) is 1. The molecule has 3 heterocycles. The van der Waals surface area contributed by atoms with Gasteiger partial charge in [-0.2, -0.15) is 13.2 Å². The maximum absolute atomic E-state index is 12.9. The number of halogens is 4. The average molecular weight is 468 g/mol. The first-order valence-electron chi connectivity index (χ1n) is 10.0. The Hall–Kier alpha value is -2.78. The Kier molecular flexibility index (Phi) is 6.05. The molecule has 1 atom stereocenters. The van der Waals surface area contributed by atoms with Crippen LogP contribution in [0.3, 0.4) is 0 Å². The van der Waals surface area contributed by atoms with E-state index in [-0.39, 0.29) is 17.4 Å². The fourth-order valence-electron chi connectivity index (χ4n) is 3.72. The second-order valence-electron chi connectivity index (χ2n) is 8.00. The molecule has 0 aliphatic carbocycles. The van der Waals surface area contributed by atoms with Crippen molar-refractivity contribution in [2.75, 3.05) is 19.8 Å². The van der Waals surface area contributed by atoms with Gasteiger partial charge in [-0.25, -0.2) is 4.98 Å². The summed E-state index contributed by atoms with van der Waals surface area (Å²) in [6.45, 7) is 1.56. The van der Waals surface area contributed by atoms with E-state index in [1.165, 1.54) is 12.3 Å². The minimum absolute atomic E-state index is 0.0369. The van der Waals surface area contributed by atoms with Crippen LogP contribution in [0.15, 0.2) is 42.7 Å². The predicted molar refractivity (Wildman–Crippen MR) is 113 cm³/mol. The van der Waals surface area contributed by atoms with Gasteiger partial charge in [-0.3, -0.25) is 4.79 Å². The number of carbonyl (C=O) groups excluding carboxylic acids is 1. The monoisotopic (exact) mass is 467 g/mol. The Morgan fingerprint density at radius 1 is 1.31 bits per heavy atom. The first-order valence-corrected chi connectivity index (χ1v) is 10.4. The summed E-state index contributed by atoms with van der Waals surface area (Å²) < 4.78 is 50.1. The Morgan fingerprint density at radius 3 is 2.81 bits per heavy atom. The largest absolute Gasteiger partial charge is 0.483 e. The van der Waals surface area contributed by atoms with Crippen molar-refractivity contribution in [2.45, 2.75) is 31.5 Å². The third kappa shape index (κ3) is 4.99. The summed E-state index contributed by atoms with van der Waals surface area (Å²) in [4.78, 5) is 17.3. The first-order chi connectivity index (χ1) is 15.1. The standard InChI is InChI=1S/C22H21ClF3N3O3/c1-21(7-4-8-31-12-21)28-20(30)17-11-29-10-14(23)9-16(19(29)27-17)15-5-2-3-6-18(15)32-13-22(24,25)26/h2-3,5-6,9-11H,4,7-8,12-13H2,1H3,(H,28,30)/t21-/m0/s1. The molecule has 1 aliphatic heterocycles. The molecule has 10 heteroatoms. The van der Waals surface area contributed by atoms with Crippen LogP contribution < -0.4 is 10.1 Å². The molecule has 1 N–H and O–H groups in total. The summed E-state index contributed by atoms with van der Waals surface area (Å²) >= 11 is 6.26. The highest BCUT2D eigenvalue weighted by atomic mass is 35.5. The maximum Gasteiger partial charge on any atom is 0.422 e. The Bertz CT molecular complexity index is 1140. The number of alkyl halides is 3. The topological polar surface area (TPSA) is 64.9 Å². The maximum atomic E-state index is 12.9. The van der Waals surface area contributed by atoms with Crippen molar-refractivity contribution in [3.8, 4) is 16.9 Å². The zero-order chi connectivity index (χ0) is 22.9. The van der Waals surface area contributed by atoms with E-state index in [4.69, 9.17) is 21.1 Å². The summed E-state index contributed by atoms with van der Waals surface area (Å²) in [6.07, 6.45) is 0.263. The molecule has 1 fully saturated rings. The molecule has 3 aromatic rings. The van der Waals surface area contributed by atoms with E-state index < -0.39 is 18.3 Å². The van der Waals surface area contributed by atoms with E-state index >= 15 is 0 Å². The molecule has 1 saturated heterocycles. The molecule has 0 saturated carbocycles. The molecule has 1 aromatic carbocycles. The molecular weight excluding hydrogens is 447 g/mol. The Morgan fingerprint density at radius 2 is 2.09 bits per heavy atom. The van der Waals surface area contributed by atoms with Crippen LogP contribution in [0.25, 0.3) is 16.8 Å². The van der Waals surface area contributed by atoms with Gasteiger partial charge in [0.2, 0.25) is 0 Å². The highest BCUT2D eigenvalue weighted by molar-refractivity contribution is 6.31.